The third-order valence-corrected chi connectivity index (χ3v) is 5.86. The third kappa shape index (κ3) is 3.40. The van der Waals surface area contributed by atoms with E-state index in [-0.39, 0.29) is 10.1 Å². The molecule has 0 saturated carbocycles. The summed E-state index contributed by atoms with van der Waals surface area (Å²) >= 11 is 1.20. The lowest BCUT2D eigenvalue weighted by atomic mass is 10.3. The topological polar surface area (TPSA) is 79.2 Å². The number of thioether (sulfide) groups is 1. The Labute approximate surface area is 144 Å². The highest BCUT2D eigenvalue weighted by Crippen LogP contribution is 2.31. The highest BCUT2D eigenvalue weighted by atomic mass is 32.2. The first-order valence-corrected chi connectivity index (χ1v) is 9.58. The number of aliphatic hydroxyl groups excluding tert-OH is 1. The fraction of sp³-hybridized carbons (Fsp3) is 0.188. The van der Waals surface area contributed by atoms with Crippen LogP contribution in [0.15, 0.2) is 63.9 Å². The van der Waals surface area contributed by atoms with Crippen molar-refractivity contribution in [3.8, 4) is 5.75 Å². The zero-order chi connectivity index (χ0) is 17.2. The fourth-order valence-corrected chi connectivity index (χ4v) is 4.48. The average molecular weight is 364 g/mol. The minimum atomic E-state index is -3.83. The normalized spacial score (nSPS) is 19.7. The van der Waals surface area contributed by atoms with E-state index in [1.165, 1.54) is 28.8 Å². The summed E-state index contributed by atoms with van der Waals surface area (Å²) in [5, 5.41) is 10.5. The van der Waals surface area contributed by atoms with Crippen LogP contribution in [0.3, 0.4) is 0 Å². The molecule has 1 N–H and O–H groups in total. The molecule has 0 spiro atoms. The third-order valence-electron chi connectivity index (χ3n) is 3.46. The minimum Gasteiger partial charge on any atom is -0.497 e. The van der Waals surface area contributed by atoms with Gasteiger partial charge in [-0.2, -0.15) is 8.42 Å². The molecule has 1 atom stereocenters. The van der Waals surface area contributed by atoms with Gasteiger partial charge < -0.3 is 9.84 Å². The van der Waals surface area contributed by atoms with Gasteiger partial charge in [0.1, 0.15) is 12.0 Å². The molecule has 2 aromatic carbocycles. The number of hydrogen-bond acceptors (Lipinski definition) is 5. The Kier molecular flexibility index (Phi) is 4.79. The number of benzene rings is 2. The lowest BCUT2D eigenvalue weighted by Gasteiger charge is -2.22. The SMILES string of the molecule is COc1ccc(N2/C(=N\S(=O)(=O)c3ccccc3)SCC2O)cc1. The zero-order valence-corrected chi connectivity index (χ0v) is 14.5. The Morgan fingerprint density at radius 1 is 1.17 bits per heavy atom. The molecule has 1 heterocycles. The summed E-state index contributed by atoms with van der Waals surface area (Å²) in [6.45, 7) is 0. The highest BCUT2D eigenvalue weighted by Gasteiger charge is 2.32. The average Bonchev–Trinajstić information content (AvgIpc) is 2.95. The number of anilines is 1. The van der Waals surface area contributed by atoms with Crippen molar-refractivity contribution >= 4 is 32.6 Å². The maximum Gasteiger partial charge on any atom is 0.284 e. The largest absolute Gasteiger partial charge is 0.497 e. The summed E-state index contributed by atoms with van der Waals surface area (Å²) < 4.78 is 33.9. The maximum atomic E-state index is 12.4. The molecule has 126 valence electrons. The Bertz CT molecular complexity index is 836. The van der Waals surface area contributed by atoms with Gasteiger partial charge in [-0.1, -0.05) is 30.0 Å². The standard InChI is InChI=1S/C16H16N2O4S2/c1-22-13-9-7-12(8-10-13)18-15(19)11-23-16(18)17-24(20,21)14-5-3-2-4-6-14/h2-10,15,19H,11H2,1H3/b17-16+. The van der Waals surface area contributed by atoms with Crippen molar-refractivity contribution in [3.05, 3.63) is 54.6 Å². The van der Waals surface area contributed by atoms with Crippen LogP contribution in [0.4, 0.5) is 5.69 Å². The van der Waals surface area contributed by atoms with Gasteiger partial charge in [-0.05, 0) is 36.4 Å². The molecule has 24 heavy (non-hydrogen) atoms. The first kappa shape index (κ1) is 16.8. The van der Waals surface area contributed by atoms with Gasteiger partial charge >= 0.3 is 0 Å². The van der Waals surface area contributed by atoms with Crippen LogP contribution >= 0.6 is 11.8 Å². The second kappa shape index (κ2) is 6.84. The Hall–Kier alpha value is -2.03. The monoisotopic (exact) mass is 364 g/mol. The fourth-order valence-electron chi connectivity index (χ4n) is 2.26. The quantitative estimate of drug-likeness (QED) is 0.897. The van der Waals surface area contributed by atoms with Gasteiger partial charge in [0.25, 0.3) is 10.0 Å². The second-order valence-electron chi connectivity index (χ2n) is 5.02. The number of sulfonamides is 1. The molecular formula is C16H16N2O4S2. The molecule has 0 bridgehead atoms. The summed E-state index contributed by atoms with van der Waals surface area (Å²) in [6, 6.07) is 15.0. The van der Waals surface area contributed by atoms with Crippen LogP contribution < -0.4 is 9.64 Å². The summed E-state index contributed by atoms with van der Waals surface area (Å²) in [7, 11) is -2.27. The van der Waals surface area contributed by atoms with Gasteiger partial charge in [0, 0.05) is 11.4 Å². The summed E-state index contributed by atoms with van der Waals surface area (Å²) in [4.78, 5) is 1.62. The molecule has 1 saturated heterocycles. The molecule has 1 fully saturated rings. The Balaban J connectivity index is 1.96. The van der Waals surface area contributed by atoms with E-state index in [2.05, 4.69) is 4.40 Å². The number of nitrogens with zero attached hydrogens (tertiary/aromatic N) is 2. The predicted octanol–water partition coefficient (Wildman–Crippen LogP) is 2.31. The second-order valence-corrected chi connectivity index (χ2v) is 7.61. The van der Waals surface area contributed by atoms with E-state index in [0.717, 1.165) is 0 Å². The first-order valence-electron chi connectivity index (χ1n) is 7.15. The molecule has 3 rings (SSSR count). The molecule has 6 nitrogen and oxygen atoms in total. The molecule has 1 unspecified atom stereocenters. The zero-order valence-electron chi connectivity index (χ0n) is 12.9. The molecule has 0 aliphatic carbocycles. The predicted molar refractivity (Wildman–Crippen MR) is 95.0 cm³/mol. The molecule has 0 aromatic heterocycles. The van der Waals surface area contributed by atoms with Gasteiger partial charge in [-0.25, -0.2) is 0 Å². The van der Waals surface area contributed by atoms with Gasteiger partial charge in [-0.15, -0.1) is 4.40 Å². The summed E-state index contributed by atoms with van der Waals surface area (Å²) in [5.41, 5.74) is 0.648. The van der Waals surface area contributed by atoms with E-state index >= 15 is 0 Å². The van der Waals surface area contributed by atoms with Crippen molar-refractivity contribution in [1.82, 2.24) is 0 Å². The van der Waals surface area contributed by atoms with Gasteiger partial charge in [-0.3, -0.25) is 4.90 Å². The Morgan fingerprint density at radius 2 is 1.83 bits per heavy atom. The number of amidine groups is 1. The van der Waals surface area contributed by atoms with Crippen molar-refractivity contribution in [1.29, 1.82) is 0 Å². The van der Waals surface area contributed by atoms with E-state index in [0.29, 0.717) is 17.2 Å². The van der Waals surface area contributed by atoms with Gasteiger partial charge in [0.15, 0.2) is 5.17 Å². The van der Waals surface area contributed by atoms with Crippen LogP contribution in [0.2, 0.25) is 0 Å². The highest BCUT2D eigenvalue weighted by molar-refractivity contribution is 8.15. The van der Waals surface area contributed by atoms with E-state index in [1.54, 1.807) is 49.6 Å². The van der Waals surface area contributed by atoms with E-state index < -0.39 is 16.3 Å². The number of ether oxygens (including phenoxy) is 1. The Morgan fingerprint density at radius 3 is 2.46 bits per heavy atom. The number of hydrogen-bond donors (Lipinski definition) is 1. The van der Waals surface area contributed by atoms with Crippen molar-refractivity contribution in [2.45, 2.75) is 11.1 Å². The first-order chi connectivity index (χ1) is 11.5. The smallest absolute Gasteiger partial charge is 0.284 e. The number of rotatable bonds is 4. The van der Waals surface area contributed by atoms with Crippen molar-refractivity contribution in [2.75, 3.05) is 17.8 Å². The van der Waals surface area contributed by atoms with Crippen LogP contribution in [0.5, 0.6) is 5.75 Å². The van der Waals surface area contributed by atoms with Crippen LogP contribution in [0, 0.1) is 0 Å². The van der Waals surface area contributed by atoms with Gasteiger partial charge in [0.2, 0.25) is 0 Å². The van der Waals surface area contributed by atoms with E-state index in [9.17, 15) is 13.5 Å². The van der Waals surface area contributed by atoms with Crippen LogP contribution in [0.25, 0.3) is 0 Å². The van der Waals surface area contributed by atoms with Crippen molar-refractivity contribution in [3.63, 3.8) is 0 Å². The minimum absolute atomic E-state index is 0.120. The van der Waals surface area contributed by atoms with Crippen molar-refractivity contribution in [2.24, 2.45) is 4.40 Å². The van der Waals surface area contributed by atoms with Crippen LogP contribution in [-0.2, 0) is 10.0 Å². The molecular weight excluding hydrogens is 348 g/mol. The van der Waals surface area contributed by atoms with Crippen molar-refractivity contribution < 1.29 is 18.3 Å². The number of methoxy groups -OCH3 is 1. The molecule has 2 aromatic rings. The molecule has 1 aliphatic heterocycles. The summed E-state index contributed by atoms with van der Waals surface area (Å²) in [6.07, 6.45) is -0.840. The molecule has 8 heteroatoms. The lowest BCUT2D eigenvalue weighted by molar-refractivity contribution is 0.213. The van der Waals surface area contributed by atoms with Crippen LogP contribution in [0.1, 0.15) is 0 Å². The number of aliphatic hydroxyl groups is 1. The van der Waals surface area contributed by atoms with E-state index in [4.69, 9.17) is 4.74 Å². The maximum absolute atomic E-state index is 12.4. The molecule has 1 aliphatic rings. The molecule has 0 radical (unpaired) electrons. The van der Waals surface area contributed by atoms with Crippen LogP contribution in [-0.4, -0.2) is 37.8 Å². The molecule has 0 amide bonds. The lowest BCUT2D eigenvalue weighted by Crippen LogP contribution is -2.34. The van der Waals surface area contributed by atoms with E-state index in [1.807, 2.05) is 0 Å². The summed E-state index contributed by atoms with van der Waals surface area (Å²) in [5.74, 6) is 1.02. The van der Waals surface area contributed by atoms with Gasteiger partial charge in [0.05, 0.1) is 12.0 Å².